The summed E-state index contributed by atoms with van der Waals surface area (Å²) in [7, 11) is 0. The average Bonchev–Trinajstić information content (AvgIpc) is 2.73. The fourth-order valence-corrected chi connectivity index (χ4v) is 3.40. The number of aromatic nitrogens is 1. The van der Waals surface area contributed by atoms with Crippen molar-refractivity contribution in [3.63, 3.8) is 0 Å². The number of likely N-dealkylation sites (tertiary alicyclic amines) is 1. The molecule has 8 nitrogen and oxygen atoms in total. The van der Waals surface area contributed by atoms with E-state index in [9.17, 15) is 23.2 Å². The highest BCUT2D eigenvalue weighted by Crippen LogP contribution is 2.32. The minimum Gasteiger partial charge on any atom is -0.366 e. The Bertz CT molecular complexity index is 926. The van der Waals surface area contributed by atoms with Gasteiger partial charge in [0.15, 0.2) is 0 Å². The molecule has 1 aliphatic heterocycles. The molecule has 0 bridgehead atoms. The number of primary amides is 1. The van der Waals surface area contributed by atoms with Gasteiger partial charge in [-0.05, 0) is 24.5 Å². The van der Waals surface area contributed by atoms with E-state index < -0.39 is 36.5 Å². The van der Waals surface area contributed by atoms with Crippen LogP contribution in [0.4, 0.5) is 14.5 Å². The highest BCUT2D eigenvalue weighted by Gasteiger charge is 2.36. The van der Waals surface area contributed by atoms with E-state index in [1.807, 2.05) is 6.07 Å². The second kappa shape index (κ2) is 9.40. The maximum absolute atomic E-state index is 12.9. The zero-order valence-corrected chi connectivity index (χ0v) is 15.8. The van der Waals surface area contributed by atoms with E-state index >= 15 is 0 Å². The van der Waals surface area contributed by atoms with Crippen LogP contribution in [0.5, 0.6) is 0 Å². The van der Waals surface area contributed by atoms with Crippen LogP contribution >= 0.6 is 0 Å². The lowest BCUT2D eigenvalue weighted by molar-refractivity contribution is -0.182. The van der Waals surface area contributed by atoms with Crippen LogP contribution in [0.3, 0.4) is 0 Å². The first-order chi connectivity index (χ1) is 14.3. The van der Waals surface area contributed by atoms with E-state index in [1.165, 1.54) is 23.4 Å². The second-order valence-corrected chi connectivity index (χ2v) is 6.76. The van der Waals surface area contributed by atoms with E-state index in [2.05, 4.69) is 15.0 Å². The summed E-state index contributed by atoms with van der Waals surface area (Å²) < 4.78 is 29.9. The summed E-state index contributed by atoms with van der Waals surface area (Å²) >= 11 is 0. The third kappa shape index (κ3) is 5.15. The number of ether oxygens (including phenoxy) is 1. The van der Waals surface area contributed by atoms with Crippen molar-refractivity contribution in [2.75, 3.05) is 11.9 Å². The van der Waals surface area contributed by atoms with E-state index in [0.29, 0.717) is 12.8 Å². The van der Waals surface area contributed by atoms with Crippen molar-refractivity contribution in [3.05, 3.63) is 59.9 Å². The van der Waals surface area contributed by atoms with Crippen molar-refractivity contribution >= 4 is 23.4 Å². The molecule has 3 rings (SSSR count). The van der Waals surface area contributed by atoms with Crippen molar-refractivity contribution in [3.8, 4) is 0 Å². The Balaban J connectivity index is 1.80. The number of carbonyl (C=O) groups is 3. The molecule has 2 aromatic rings. The summed E-state index contributed by atoms with van der Waals surface area (Å²) in [5.74, 6) is -2.63. The van der Waals surface area contributed by atoms with Crippen molar-refractivity contribution in [2.45, 2.75) is 31.6 Å². The summed E-state index contributed by atoms with van der Waals surface area (Å²) in [5.41, 5.74) is 6.14. The Kier molecular flexibility index (Phi) is 6.68. The Morgan fingerprint density at radius 3 is 2.57 bits per heavy atom. The Labute approximate surface area is 171 Å². The molecule has 0 unspecified atom stereocenters. The standard InChI is InChI=1S/C20H20F2N4O4/c21-20(22)30-15-6-7-16(12-4-2-1-3-5-12)26(11-15)19(29)18(28)25-14-8-13(17(23)27)9-24-10-14/h1-5,8-10,15-16,20H,6-7,11H2,(H2,23,27)(H,25,28)/t15-,16+/m1/s1. The number of nitrogens with zero attached hydrogens (tertiary/aromatic N) is 2. The maximum atomic E-state index is 12.9. The molecule has 10 heteroatoms. The normalized spacial score (nSPS) is 18.8. The lowest BCUT2D eigenvalue weighted by atomic mass is 9.93. The molecule has 1 aromatic carbocycles. The van der Waals surface area contributed by atoms with Crippen molar-refractivity contribution in [1.29, 1.82) is 0 Å². The lowest BCUT2D eigenvalue weighted by Gasteiger charge is -2.39. The molecular formula is C20H20F2N4O4. The summed E-state index contributed by atoms with van der Waals surface area (Å²) in [5, 5.41) is 2.37. The van der Waals surface area contributed by atoms with E-state index in [-0.39, 0.29) is 17.8 Å². The van der Waals surface area contributed by atoms with Gasteiger partial charge in [0.1, 0.15) is 0 Å². The summed E-state index contributed by atoms with van der Waals surface area (Å²) in [4.78, 5) is 41.7. The van der Waals surface area contributed by atoms with E-state index in [1.54, 1.807) is 24.3 Å². The van der Waals surface area contributed by atoms with Gasteiger partial charge in [-0.3, -0.25) is 19.4 Å². The number of amides is 3. The van der Waals surface area contributed by atoms with Gasteiger partial charge in [-0.2, -0.15) is 8.78 Å². The molecule has 3 amide bonds. The van der Waals surface area contributed by atoms with Crippen molar-refractivity contribution < 1.29 is 27.9 Å². The number of alkyl halides is 2. The molecule has 0 saturated carbocycles. The first kappa shape index (κ1) is 21.3. The van der Waals surface area contributed by atoms with Crippen LogP contribution in [0.2, 0.25) is 0 Å². The lowest BCUT2D eigenvalue weighted by Crippen LogP contribution is -2.49. The van der Waals surface area contributed by atoms with Crippen LogP contribution in [0.25, 0.3) is 0 Å². The number of pyridine rings is 1. The maximum Gasteiger partial charge on any atom is 0.345 e. The van der Waals surface area contributed by atoms with Crippen molar-refractivity contribution in [2.24, 2.45) is 5.73 Å². The SMILES string of the molecule is NC(=O)c1cncc(NC(=O)C(=O)N2C[C@H](OC(F)F)CC[C@H]2c2ccccc2)c1. The average molecular weight is 418 g/mol. The van der Waals surface area contributed by atoms with Crippen LogP contribution in [0, 0.1) is 0 Å². The molecule has 2 heterocycles. The van der Waals surface area contributed by atoms with Gasteiger partial charge in [-0.25, -0.2) is 0 Å². The number of piperidine rings is 1. The number of hydrogen-bond donors (Lipinski definition) is 2. The molecule has 0 aliphatic carbocycles. The molecule has 2 atom stereocenters. The van der Waals surface area contributed by atoms with Gasteiger partial charge in [0.05, 0.1) is 29.6 Å². The largest absolute Gasteiger partial charge is 0.366 e. The number of carbonyl (C=O) groups excluding carboxylic acids is 3. The molecular weight excluding hydrogens is 398 g/mol. The Morgan fingerprint density at radius 1 is 1.17 bits per heavy atom. The van der Waals surface area contributed by atoms with Gasteiger partial charge in [0, 0.05) is 12.7 Å². The fraction of sp³-hybridized carbons (Fsp3) is 0.300. The third-order valence-corrected chi connectivity index (χ3v) is 4.75. The first-order valence-electron chi connectivity index (χ1n) is 9.20. The zero-order valence-electron chi connectivity index (χ0n) is 15.8. The van der Waals surface area contributed by atoms with E-state index in [0.717, 1.165) is 5.56 Å². The summed E-state index contributed by atoms with van der Waals surface area (Å²) in [6.07, 6.45) is 2.27. The molecule has 3 N–H and O–H groups in total. The summed E-state index contributed by atoms with van der Waals surface area (Å²) in [6, 6.07) is 9.83. The van der Waals surface area contributed by atoms with Crippen molar-refractivity contribution in [1.82, 2.24) is 9.88 Å². The predicted octanol–water partition coefficient (Wildman–Crippen LogP) is 2.09. The minimum absolute atomic E-state index is 0.0609. The highest BCUT2D eigenvalue weighted by atomic mass is 19.3. The predicted molar refractivity (Wildman–Crippen MR) is 102 cm³/mol. The quantitative estimate of drug-likeness (QED) is 0.722. The topological polar surface area (TPSA) is 115 Å². The van der Waals surface area contributed by atoms with E-state index in [4.69, 9.17) is 5.73 Å². The molecule has 0 spiro atoms. The molecule has 1 fully saturated rings. The number of rotatable bonds is 5. The van der Waals surface area contributed by atoms with Gasteiger partial charge in [0.2, 0.25) is 5.91 Å². The van der Waals surface area contributed by atoms with Crippen LogP contribution in [-0.4, -0.2) is 46.9 Å². The number of nitrogens with two attached hydrogens (primary N) is 1. The Hall–Kier alpha value is -3.40. The fourth-order valence-electron chi connectivity index (χ4n) is 3.40. The number of anilines is 1. The minimum atomic E-state index is -2.98. The first-order valence-corrected chi connectivity index (χ1v) is 9.20. The number of nitrogens with one attached hydrogen (secondary N) is 1. The van der Waals surface area contributed by atoms with Crippen LogP contribution < -0.4 is 11.1 Å². The number of hydrogen-bond acceptors (Lipinski definition) is 5. The Morgan fingerprint density at radius 2 is 1.90 bits per heavy atom. The smallest absolute Gasteiger partial charge is 0.345 e. The molecule has 30 heavy (non-hydrogen) atoms. The molecule has 0 radical (unpaired) electrons. The van der Waals surface area contributed by atoms with Gasteiger partial charge in [-0.15, -0.1) is 0 Å². The van der Waals surface area contributed by atoms with Gasteiger partial charge >= 0.3 is 18.4 Å². The second-order valence-electron chi connectivity index (χ2n) is 6.76. The highest BCUT2D eigenvalue weighted by molar-refractivity contribution is 6.39. The van der Waals surface area contributed by atoms with Crippen LogP contribution in [-0.2, 0) is 14.3 Å². The van der Waals surface area contributed by atoms with Gasteiger partial charge < -0.3 is 20.7 Å². The summed E-state index contributed by atoms with van der Waals surface area (Å²) in [6.45, 7) is -3.13. The van der Waals surface area contributed by atoms with Gasteiger partial charge in [0.25, 0.3) is 0 Å². The van der Waals surface area contributed by atoms with Crippen LogP contribution in [0.1, 0.15) is 34.8 Å². The monoisotopic (exact) mass is 418 g/mol. The molecule has 1 aliphatic rings. The third-order valence-electron chi connectivity index (χ3n) is 4.75. The zero-order chi connectivity index (χ0) is 21.7. The van der Waals surface area contributed by atoms with Gasteiger partial charge in [-0.1, -0.05) is 30.3 Å². The molecule has 1 aromatic heterocycles. The van der Waals surface area contributed by atoms with Crippen LogP contribution in [0.15, 0.2) is 48.8 Å². The molecule has 1 saturated heterocycles. The number of benzene rings is 1. The number of halogens is 2. The molecule has 158 valence electrons.